The zero-order valence-corrected chi connectivity index (χ0v) is 16.9. The van der Waals surface area contributed by atoms with Gasteiger partial charge in [-0.1, -0.05) is 45.1 Å². The molecule has 148 valence electrons. The van der Waals surface area contributed by atoms with Crippen molar-refractivity contribution in [2.75, 3.05) is 5.32 Å². The van der Waals surface area contributed by atoms with Crippen molar-refractivity contribution in [1.29, 1.82) is 0 Å². The van der Waals surface area contributed by atoms with Crippen molar-refractivity contribution in [2.24, 2.45) is 5.92 Å². The summed E-state index contributed by atoms with van der Waals surface area (Å²) in [5.74, 6) is 0.851. The van der Waals surface area contributed by atoms with Crippen LogP contribution in [-0.2, 0) is 16.9 Å². The fourth-order valence-electron chi connectivity index (χ4n) is 3.92. The lowest BCUT2D eigenvalue weighted by molar-refractivity contribution is -0.120. The molecule has 2 N–H and O–H groups in total. The van der Waals surface area contributed by atoms with Gasteiger partial charge in [0.2, 0.25) is 11.9 Å². The summed E-state index contributed by atoms with van der Waals surface area (Å²) in [6.45, 7) is 6.58. The predicted octanol–water partition coefficient (Wildman–Crippen LogP) is 4.97. The molecule has 5 nitrogen and oxygen atoms in total. The molecule has 0 atom stereocenters. The smallest absolute Gasteiger partial charge is 0.229 e. The number of rotatable bonds is 7. The average Bonchev–Trinajstić information content (AvgIpc) is 2.98. The number of imidazole rings is 1. The number of aliphatic hydroxyl groups is 1. The number of carbonyl (C=O) groups is 1. The molecule has 1 aromatic heterocycles. The van der Waals surface area contributed by atoms with Crippen LogP contribution in [-0.4, -0.2) is 20.6 Å². The van der Waals surface area contributed by atoms with Crippen LogP contribution in [0, 0.1) is 5.92 Å². The molecule has 1 heterocycles. The predicted molar refractivity (Wildman–Crippen MR) is 110 cm³/mol. The number of unbranched alkanes of at least 4 members (excludes halogenated alkanes) is 2. The number of aromatic nitrogens is 2. The van der Waals surface area contributed by atoms with Gasteiger partial charge in [0, 0.05) is 12.5 Å². The summed E-state index contributed by atoms with van der Waals surface area (Å²) >= 11 is 0. The van der Waals surface area contributed by atoms with Crippen LogP contribution in [0.25, 0.3) is 11.0 Å². The largest absolute Gasteiger partial charge is 0.386 e. The van der Waals surface area contributed by atoms with E-state index in [1.54, 1.807) is 13.8 Å². The molecule has 2 aromatic rings. The van der Waals surface area contributed by atoms with Crippen LogP contribution in [0.5, 0.6) is 0 Å². The van der Waals surface area contributed by atoms with Gasteiger partial charge in [-0.25, -0.2) is 4.98 Å². The van der Waals surface area contributed by atoms with E-state index in [2.05, 4.69) is 16.8 Å². The molecule has 0 unspecified atom stereocenters. The third kappa shape index (κ3) is 4.70. The van der Waals surface area contributed by atoms with Crippen molar-refractivity contribution in [3.8, 4) is 0 Å². The van der Waals surface area contributed by atoms with Crippen molar-refractivity contribution in [1.82, 2.24) is 9.55 Å². The van der Waals surface area contributed by atoms with Gasteiger partial charge in [-0.3, -0.25) is 10.1 Å². The van der Waals surface area contributed by atoms with Gasteiger partial charge in [0.15, 0.2) is 0 Å². The molecule has 5 heteroatoms. The number of nitrogens with one attached hydrogen (secondary N) is 1. The van der Waals surface area contributed by atoms with Crippen LogP contribution < -0.4 is 5.32 Å². The number of anilines is 1. The molecule has 1 aliphatic carbocycles. The number of amides is 1. The Bertz CT molecular complexity index is 783. The molecule has 1 saturated carbocycles. The molecule has 3 rings (SSSR count). The first kappa shape index (κ1) is 19.9. The number of carbonyl (C=O) groups excluding carboxylic acids is 1. The fraction of sp³-hybridized carbons (Fsp3) is 0.636. The van der Waals surface area contributed by atoms with E-state index in [0.29, 0.717) is 5.95 Å². The van der Waals surface area contributed by atoms with E-state index in [9.17, 15) is 9.90 Å². The molecule has 1 fully saturated rings. The first-order chi connectivity index (χ1) is 12.9. The summed E-state index contributed by atoms with van der Waals surface area (Å²) in [5.41, 5.74) is 1.79. The maximum absolute atomic E-state index is 12.7. The second-order valence-electron chi connectivity index (χ2n) is 8.38. The lowest BCUT2D eigenvalue weighted by atomic mass is 9.89. The number of benzene rings is 1. The number of hydrogen-bond donors (Lipinski definition) is 2. The van der Waals surface area contributed by atoms with E-state index in [1.807, 2.05) is 18.2 Å². The van der Waals surface area contributed by atoms with Crippen molar-refractivity contribution in [2.45, 2.75) is 84.3 Å². The number of hydrogen-bond acceptors (Lipinski definition) is 3. The Morgan fingerprint density at radius 2 is 2.00 bits per heavy atom. The van der Waals surface area contributed by atoms with Crippen molar-refractivity contribution in [3.05, 3.63) is 23.8 Å². The maximum Gasteiger partial charge on any atom is 0.229 e. The Hall–Kier alpha value is -1.88. The summed E-state index contributed by atoms with van der Waals surface area (Å²) in [6, 6.07) is 5.86. The lowest BCUT2D eigenvalue weighted by Gasteiger charge is -2.21. The van der Waals surface area contributed by atoms with Gasteiger partial charge < -0.3 is 9.67 Å². The quantitative estimate of drug-likeness (QED) is 0.675. The highest BCUT2D eigenvalue weighted by Gasteiger charge is 2.24. The SMILES string of the molecule is CCCCCn1c(NC(=O)C2CCCCC2)nc2ccc(C(C)(C)O)cc21. The van der Waals surface area contributed by atoms with Gasteiger partial charge >= 0.3 is 0 Å². The van der Waals surface area contributed by atoms with E-state index < -0.39 is 5.60 Å². The first-order valence-electron chi connectivity index (χ1n) is 10.4. The summed E-state index contributed by atoms with van der Waals surface area (Å²) < 4.78 is 2.11. The van der Waals surface area contributed by atoms with E-state index in [1.165, 1.54) is 6.42 Å². The van der Waals surface area contributed by atoms with E-state index in [0.717, 1.165) is 68.1 Å². The standard InChI is InChI=1S/C22H33N3O2/c1-4-5-9-14-25-19-15-17(22(2,3)27)12-13-18(19)23-21(25)24-20(26)16-10-7-6-8-11-16/h12-13,15-16,27H,4-11,14H2,1-3H3,(H,23,24,26). The molecule has 1 amide bonds. The molecule has 0 aliphatic heterocycles. The lowest BCUT2D eigenvalue weighted by Crippen LogP contribution is -2.26. The van der Waals surface area contributed by atoms with Crippen molar-refractivity contribution < 1.29 is 9.90 Å². The van der Waals surface area contributed by atoms with E-state index >= 15 is 0 Å². The van der Waals surface area contributed by atoms with Crippen molar-refractivity contribution in [3.63, 3.8) is 0 Å². The molecule has 0 bridgehead atoms. The average molecular weight is 372 g/mol. The van der Waals surface area contributed by atoms with Crippen LogP contribution in [0.2, 0.25) is 0 Å². The summed E-state index contributed by atoms with van der Waals surface area (Å²) in [6.07, 6.45) is 8.79. The summed E-state index contributed by atoms with van der Waals surface area (Å²) in [7, 11) is 0. The molecule has 0 spiro atoms. The Balaban J connectivity index is 1.92. The number of aryl methyl sites for hydroxylation is 1. The highest BCUT2D eigenvalue weighted by atomic mass is 16.3. The Kier molecular flexibility index (Phi) is 6.20. The first-order valence-corrected chi connectivity index (χ1v) is 10.4. The number of nitrogens with zero attached hydrogens (tertiary/aromatic N) is 2. The van der Waals surface area contributed by atoms with Gasteiger partial charge in [0.05, 0.1) is 16.6 Å². The van der Waals surface area contributed by atoms with Gasteiger partial charge in [-0.15, -0.1) is 0 Å². The molecular formula is C22H33N3O2. The number of fused-ring (bicyclic) bond motifs is 1. The normalized spacial score (nSPS) is 16.0. The second-order valence-corrected chi connectivity index (χ2v) is 8.38. The van der Waals surface area contributed by atoms with Gasteiger partial charge in [-0.2, -0.15) is 0 Å². The second kappa shape index (κ2) is 8.42. The molecule has 1 aliphatic rings. The van der Waals surface area contributed by atoms with Gasteiger partial charge in [0.1, 0.15) is 0 Å². The molecule has 0 saturated heterocycles. The van der Waals surface area contributed by atoms with E-state index in [-0.39, 0.29) is 11.8 Å². The van der Waals surface area contributed by atoms with Gasteiger partial charge in [0.25, 0.3) is 0 Å². The summed E-state index contributed by atoms with van der Waals surface area (Å²) in [5, 5.41) is 13.5. The van der Waals surface area contributed by atoms with E-state index in [4.69, 9.17) is 4.98 Å². The van der Waals surface area contributed by atoms with Gasteiger partial charge in [-0.05, 0) is 50.8 Å². The molecular weight excluding hydrogens is 338 g/mol. The van der Waals surface area contributed by atoms with Crippen LogP contribution in [0.15, 0.2) is 18.2 Å². The zero-order chi connectivity index (χ0) is 19.4. The Labute approximate surface area is 162 Å². The molecule has 1 aromatic carbocycles. The third-order valence-corrected chi connectivity index (χ3v) is 5.65. The Morgan fingerprint density at radius 3 is 2.67 bits per heavy atom. The van der Waals surface area contributed by atoms with Crippen LogP contribution in [0.4, 0.5) is 5.95 Å². The topological polar surface area (TPSA) is 67.2 Å². The third-order valence-electron chi connectivity index (χ3n) is 5.65. The fourth-order valence-corrected chi connectivity index (χ4v) is 3.92. The Morgan fingerprint density at radius 1 is 1.26 bits per heavy atom. The minimum absolute atomic E-state index is 0.101. The van der Waals surface area contributed by atoms with Crippen molar-refractivity contribution >= 4 is 22.9 Å². The minimum Gasteiger partial charge on any atom is -0.386 e. The summed E-state index contributed by atoms with van der Waals surface area (Å²) in [4.78, 5) is 17.4. The zero-order valence-electron chi connectivity index (χ0n) is 16.9. The molecule has 27 heavy (non-hydrogen) atoms. The maximum atomic E-state index is 12.7. The molecule has 0 radical (unpaired) electrons. The minimum atomic E-state index is -0.905. The monoisotopic (exact) mass is 371 g/mol. The van der Waals surface area contributed by atoms with Crippen LogP contribution in [0.1, 0.15) is 77.7 Å². The highest BCUT2D eigenvalue weighted by molar-refractivity contribution is 5.93. The highest BCUT2D eigenvalue weighted by Crippen LogP contribution is 2.29. The van der Waals surface area contributed by atoms with Crippen LogP contribution in [0.3, 0.4) is 0 Å². The van der Waals surface area contributed by atoms with Crippen LogP contribution >= 0.6 is 0 Å².